The topological polar surface area (TPSA) is 106 Å². The third kappa shape index (κ3) is 7.20. The molecule has 3 rings (SSSR count). The number of carbonyl (C=O) groups excluding carboxylic acids is 3. The molecule has 170 valence electrons. The minimum Gasteiger partial charge on any atom is -0.465 e. The zero-order valence-corrected chi connectivity index (χ0v) is 18.4. The van der Waals surface area contributed by atoms with Crippen LogP contribution in [-0.4, -0.2) is 49.1 Å². The summed E-state index contributed by atoms with van der Waals surface area (Å²) in [5, 5.41) is 8.56. The number of hydrogen-bond donors (Lipinski definition) is 3. The second-order valence-corrected chi connectivity index (χ2v) is 7.86. The molecule has 2 amide bonds. The summed E-state index contributed by atoms with van der Waals surface area (Å²) in [5.41, 5.74) is 2.23. The van der Waals surface area contributed by atoms with Crippen molar-refractivity contribution < 1.29 is 19.1 Å². The number of esters is 1. The molecule has 3 N–H and O–H groups in total. The van der Waals surface area contributed by atoms with Crippen molar-refractivity contribution in [2.45, 2.75) is 50.7 Å². The summed E-state index contributed by atoms with van der Waals surface area (Å²) in [6.45, 7) is 2.52. The van der Waals surface area contributed by atoms with E-state index in [1.54, 1.807) is 6.92 Å². The Morgan fingerprint density at radius 2 is 1.59 bits per heavy atom. The van der Waals surface area contributed by atoms with E-state index < -0.39 is 24.1 Å². The summed E-state index contributed by atoms with van der Waals surface area (Å²) in [6, 6.07) is 17.8. The van der Waals surface area contributed by atoms with Gasteiger partial charge in [0, 0.05) is 13.0 Å². The van der Waals surface area contributed by atoms with E-state index in [1.165, 1.54) is 5.56 Å². The van der Waals surface area contributed by atoms with Gasteiger partial charge in [-0.25, -0.2) is 0 Å². The Balaban J connectivity index is 1.49. The molecule has 0 aromatic heterocycles. The van der Waals surface area contributed by atoms with Crippen LogP contribution < -0.4 is 16.0 Å². The monoisotopic (exact) mass is 437 g/mol. The number of benzene rings is 2. The van der Waals surface area contributed by atoms with E-state index in [0.717, 1.165) is 24.8 Å². The molecule has 1 heterocycles. The molecule has 1 fully saturated rings. The molecule has 0 aliphatic carbocycles. The summed E-state index contributed by atoms with van der Waals surface area (Å²) < 4.78 is 4.94. The smallest absolute Gasteiger partial charge is 0.325 e. The zero-order chi connectivity index (χ0) is 22.8. The number of nitrogens with one attached hydrogen (secondary N) is 3. The van der Waals surface area contributed by atoms with Crippen molar-refractivity contribution in [3.8, 4) is 0 Å². The molecular weight excluding hydrogens is 406 g/mol. The third-order valence-corrected chi connectivity index (χ3v) is 5.36. The lowest BCUT2D eigenvalue weighted by atomic mass is 10.0. The molecule has 7 heteroatoms. The van der Waals surface area contributed by atoms with E-state index in [-0.39, 0.29) is 18.4 Å². The van der Waals surface area contributed by atoms with E-state index in [9.17, 15) is 14.4 Å². The van der Waals surface area contributed by atoms with E-state index >= 15 is 0 Å². The Hall–Kier alpha value is -3.19. The maximum Gasteiger partial charge on any atom is 0.325 e. The van der Waals surface area contributed by atoms with Crippen LogP contribution in [-0.2, 0) is 32.0 Å². The van der Waals surface area contributed by atoms with Crippen LogP contribution in [0, 0.1) is 0 Å². The predicted molar refractivity (Wildman–Crippen MR) is 122 cm³/mol. The number of aryl methyl sites for hydroxylation is 1. The molecule has 0 radical (unpaired) electrons. The average Bonchev–Trinajstić information content (AvgIpc) is 3.61. The van der Waals surface area contributed by atoms with Gasteiger partial charge in [0.15, 0.2) is 0 Å². The van der Waals surface area contributed by atoms with Gasteiger partial charge in [-0.1, -0.05) is 60.7 Å². The fourth-order valence-corrected chi connectivity index (χ4v) is 3.56. The fourth-order valence-electron chi connectivity index (χ4n) is 3.56. The van der Waals surface area contributed by atoms with Gasteiger partial charge in [-0.05, 0) is 37.3 Å². The molecule has 2 aromatic carbocycles. The largest absolute Gasteiger partial charge is 0.465 e. The second-order valence-electron chi connectivity index (χ2n) is 7.86. The Labute approximate surface area is 188 Å². The van der Waals surface area contributed by atoms with Crippen molar-refractivity contribution in [3.05, 3.63) is 71.8 Å². The first-order chi connectivity index (χ1) is 15.6. The maximum atomic E-state index is 12.8. The number of rotatable bonds is 12. The zero-order valence-electron chi connectivity index (χ0n) is 18.4. The van der Waals surface area contributed by atoms with Gasteiger partial charge in [0.05, 0.1) is 6.61 Å². The summed E-state index contributed by atoms with van der Waals surface area (Å²) in [6.07, 6.45) is 3.15. The Kier molecular flexibility index (Phi) is 8.80. The lowest BCUT2D eigenvalue weighted by Crippen LogP contribution is -2.50. The molecule has 1 aliphatic heterocycles. The number of unbranched alkanes of at least 4 members (excludes halogenated alkanes) is 1. The number of hydrogen-bond acceptors (Lipinski definition) is 5. The van der Waals surface area contributed by atoms with Crippen LogP contribution in [0.2, 0.25) is 0 Å². The van der Waals surface area contributed by atoms with Crippen molar-refractivity contribution in [1.82, 2.24) is 16.0 Å². The van der Waals surface area contributed by atoms with Crippen LogP contribution in [0.15, 0.2) is 60.7 Å². The first-order valence-corrected chi connectivity index (χ1v) is 11.2. The van der Waals surface area contributed by atoms with E-state index in [0.29, 0.717) is 13.0 Å². The van der Waals surface area contributed by atoms with Crippen LogP contribution in [0.3, 0.4) is 0 Å². The van der Waals surface area contributed by atoms with Gasteiger partial charge in [-0.15, -0.1) is 0 Å². The molecule has 1 aliphatic rings. The van der Waals surface area contributed by atoms with E-state index in [4.69, 9.17) is 4.74 Å². The molecule has 0 bridgehead atoms. The summed E-state index contributed by atoms with van der Waals surface area (Å²) >= 11 is 0. The highest BCUT2D eigenvalue weighted by Crippen LogP contribution is 2.14. The SMILES string of the molecule is CCOC(=O)[C@H]1N[C@@H]1C(=O)N[C@@H](Cc1ccccc1)C(=O)NCCCCc1ccccc1. The Morgan fingerprint density at radius 1 is 0.938 bits per heavy atom. The standard InChI is InChI=1S/C25H31N3O4/c1-2-32-25(31)22-21(28-22)24(30)27-20(17-19-14-7-4-8-15-19)23(29)26-16-10-9-13-18-11-5-3-6-12-18/h3-8,11-12,14-15,20-22,28H,2,9-10,13,16-17H2,1H3,(H,26,29)(H,27,30)/t20-,21-,22-/m0/s1. The van der Waals surface area contributed by atoms with Gasteiger partial charge in [-0.3, -0.25) is 19.7 Å². The quantitative estimate of drug-likeness (QED) is 0.267. The van der Waals surface area contributed by atoms with Crippen molar-refractivity contribution >= 4 is 17.8 Å². The molecule has 1 saturated heterocycles. The normalized spacial score (nSPS) is 17.8. The minimum atomic E-state index is -0.718. The van der Waals surface area contributed by atoms with E-state index in [2.05, 4.69) is 28.1 Å². The first kappa shape index (κ1) is 23.5. The van der Waals surface area contributed by atoms with Gasteiger partial charge in [0.1, 0.15) is 18.1 Å². The Morgan fingerprint density at radius 3 is 2.25 bits per heavy atom. The van der Waals surface area contributed by atoms with Crippen molar-refractivity contribution in [2.75, 3.05) is 13.2 Å². The Bertz CT molecular complexity index is 889. The van der Waals surface area contributed by atoms with Crippen LogP contribution >= 0.6 is 0 Å². The highest BCUT2D eigenvalue weighted by molar-refractivity contribution is 5.97. The van der Waals surface area contributed by atoms with Crippen LogP contribution in [0.1, 0.15) is 30.9 Å². The molecule has 0 saturated carbocycles. The lowest BCUT2D eigenvalue weighted by Gasteiger charge is -2.18. The molecule has 32 heavy (non-hydrogen) atoms. The average molecular weight is 438 g/mol. The minimum absolute atomic E-state index is 0.227. The van der Waals surface area contributed by atoms with Crippen molar-refractivity contribution in [3.63, 3.8) is 0 Å². The summed E-state index contributed by atoms with van der Waals surface area (Å²) in [5.74, 6) is -1.05. The van der Waals surface area contributed by atoms with Gasteiger partial charge in [0.2, 0.25) is 11.8 Å². The molecule has 3 atom stereocenters. The summed E-state index contributed by atoms with van der Waals surface area (Å²) in [7, 11) is 0. The van der Waals surface area contributed by atoms with Gasteiger partial charge >= 0.3 is 5.97 Å². The second kappa shape index (κ2) is 12.0. The van der Waals surface area contributed by atoms with Gasteiger partial charge < -0.3 is 15.4 Å². The van der Waals surface area contributed by atoms with Crippen LogP contribution in [0.5, 0.6) is 0 Å². The first-order valence-electron chi connectivity index (χ1n) is 11.2. The molecule has 0 spiro atoms. The third-order valence-electron chi connectivity index (χ3n) is 5.36. The lowest BCUT2D eigenvalue weighted by molar-refractivity contribution is -0.143. The number of amides is 2. The van der Waals surface area contributed by atoms with E-state index in [1.807, 2.05) is 48.5 Å². The van der Waals surface area contributed by atoms with Crippen LogP contribution in [0.25, 0.3) is 0 Å². The summed E-state index contributed by atoms with van der Waals surface area (Å²) in [4.78, 5) is 37.2. The van der Waals surface area contributed by atoms with Crippen LogP contribution in [0.4, 0.5) is 0 Å². The molecular formula is C25H31N3O4. The fraction of sp³-hybridized carbons (Fsp3) is 0.400. The highest BCUT2D eigenvalue weighted by Gasteiger charge is 2.49. The molecule has 2 aromatic rings. The molecule has 7 nitrogen and oxygen atoms in total. The van der Waals surface area contributed by atoms with Gasteiger partial charge in [0.25, 0.3) is 0 Å². The van der Waals surface area contributed by atoms with Crippen molar-refractivity contribution in [1.29, 1.82) is 0 Å². The highest BCUT2D eigenvalue weighted by atomic mass is 16.5. The number of ether oxygens (including phenoxy) is 1. The molecule has 0 unspecified atom stereocenters. The number of carbonyl (C=O) groups is 3. The van der Waals surface area contributed by atoms with Crippen molar-refractivity contribution in [2.24, 2.45) is 0 Å². The predicted octanol–water partition coefficient (Wildman–Crippen LogP) is 1.76. The maximum absolute atomic E-state index is 12.8. The van der Waals surface area contributed by atoms with Gasteiger partial charge in [-0.2, -0.15) is 0 Å².